The van der Waals surface area contributed by atoms with Crippen LogP contribution in [0.4, 0.5) is 11.6 Å². The number of nitrogens with zero attached hydrogens (tertiary/aromatic N) is 5. The Morgan fingerprint density at radius 2 is 2.03 bits per heavy atom. The molecule has 2 aromatic heterocycles. The maximum atomic E-state index is 10.2. The predicted octanol–water partition coefficient (Wildman–Crippen LogP) is 2.67. The van der Waals surface area contributed by atoms with Crippen LogP contribution in [-0.2, 0) is 20.8 Å². The number of aliphatic hydroxyl groups excluding tert-OH is 1. The lowest BCUT2D eigenvalue weighted by Crippen LogP contribution is -2.41. The molecule has 0 bridgehead atoms. The number of fused-ring (bicyclic) bond motifs is 3. The summed E-state index contributed by atoms with van der Waals surface area (Å²) in [4.78, 5) is 19.8. The van der Waals surface area contributed by atoms with Gasteiger partial charge in [0.2, 0.25) is 0 Å². The van der Waals surface area contributed by atoms with Crippen molar-refractivity contribution in [3.63, 3.8) is 0 Å². The molecule has 0 unspecified atom stereocenters. The van der Waals surface area contributed by atoms with Gasteiger partial charge in [0.15, 0.2) is 17.4 Å². The molecule has 1 spiro atoms. The van der Waals surface area contributed by atoms with Gasteiger partial charge in [-0.25, -0.2) is 15.0 Å². The second-order valence-electron chi connectivity index (χ2n) is 11.3. The number of rotatable bonds is 6. The summed E-state index contributed by atoms with van der Waals surface area (Å²) >= 11 is 1.50. The van der Waals surface area contributed by atoms with Gasteiger partial charge in [-0.2, -0.15) is 0 Å². The van der Waals surface area contributed by atoms with Gasteiger partial charge in [-0.05, 0) is 44.1 Å². The van der Waals surface area contributed by atoms with E-state index in [2.05, 4.69) is 21.7 Å². The lowest BCUT2D eigenvalue weighted by Gasteiger charge is -2.39. The molecule has 204 valence electrons. The molecule has 38 heavy (non-hydrogen) atoms. The fraction of sp³-hybridized carbons (Fsp3) is 0.667. The Kier molecular flexibility index (Phi) is 6.59. The molecule has 5 aliphatic rings. The van der Waals surface area contributed by atoms with Crippen LogP contribution in [0.15, 0.2) is 28.4 Å². The molecule has 0 aliphatic carbocycles. The first-order valence-electron chi connectivity index (χ1n) is 13.7. The molecule has 11 heteroatoms. The van der Waals surface area contributed by atoms with Crippen LogP contribution in [0.25, 0.3) is 0 Å². The maximum Gasteiger partial charge on any atom is 0.175 e. The fourth-order valence-corrected chi connectivity index (χ4v) is 7.36. The largest absolute Gasteiger partial charge is 0.486 e. The Labute approximate surface area is 227 Å². The van der Waals surface area contributed by atoms with E-state index in [0.717, 1.165) is 79.2 Å². The Hall–Kier alpha value is -2.18. The summed E-state index contributed by atoms with van der Waals surface area (Å²) in [6, 6.07) is 2.23. The summed E-state index contributed by atoms with van der Waals surface area (Å²) < 4.78 is 23.6. The van der Waals surface area contributed by atoms with E-state index in [9.17, 15) is 5.11 Å². The topological polar surface area (TPSA) is 102 Å². The molecule has 0 saturated carbocycles. The first kappa shape index (κ1) is 24.8. The van der Waals surface area contributed by atoms with Crippen LogP contribution in [0.5, 0.6) is 5.75 Å². The van der Waals surface area contributed by atoms with E-state index >= 15 is 0 Å². The smallest absolute Gasteiger partial charge is 0.175 e. The molecule has 0 amide bonds. The Balaban J connectivity index is 1.05. The van der Waals surface area contributed by atoms with Crippen molar-refractivity contribution in [3.8, 4) is 5.75 Å². The second-order valence-corrected chi connectivity index (χ2v) is 12.3. The quantitative estimate of drug-likeness (QED) is 0.584. The molecule has 0 aromatic carbocycles. The molecule has 0 radical (unpaired) electrons. The maximum absolute atomic E-state index is 10.2. The van der Waals surface area contributed by atoms with Crippen molar-refractivity contribution in [1.29, 1.82) is 0 Å². The van der Waals surface area contributed by atoms with Gasteiger partial charge in [-0.15, -0.1) is 0 Å². The second kappa shape index (κ2) is 10.1. The summed E-state index contributed by atoms with van der Waals surface area (Å²) in [6.45, 7) is 7.49. The number of ether oxygens (including phenoxy) is 4. The Morgan fingerprint density at radius 1 is 1.16 bits per heavy atom. The average Bonchev–Trinajstić information content (AvgIpc) is 3.50. The van der Waals surface area contributed by atoms with Crippen molar-refractivity contribution in [2.24, 2.45) is 5.41 Å². The van der Waals surface area contributed by atoms with Crippen molar-refractivity contribution < 1.29 is 24.1 Å². The molecule has 1 N–H and O–H groups in total. The first-order valence-corrected chi connectivity index (χ1v) is 14.5. The standard InChI is InChI=1S/C27H35N5O5S/c1-17-9-27(16-36-17)3-6-31(7-4-27)25-21(12-33)30-23(10-29-25)38-22-2-5-28-26-24(22)35-13-18-8-19(11-32(18)26)37-20-14-34-15-20/h2,5,10,17-20,33H,3-4,6-9,11-16H2,1H3/t17-,18-,19-/m0/s1. The minimum Gasteiger partial charge on any atom is -0.486 e. The van der Waals surface area contributed by atoms with Crippen LogP contribution < -0.4 is 14.5 Å². The Bertz CT molecular complexity index is 1170. The van der Waals surface area contributed by atoms with Crippen LogP contribution in [0.3, 0.4) is 0 Å². The molecule has 2 aromatic rings. The predicted molar refractivity (Wildman–Crippen MR) is 141 cm³/mol. The summed E-state index contributed by atoms with van der Waals surface area (Å²) in [6.07, 6.45) is 8.60. The number of pyridine rings is 1. The normalized spacial score (nSPS) is 28.2. The van der Waals surface area contributed by atoms with E-state index in [1.54, 1.807) is 0 Å². The van der Waals surface area contributed by atoms with Crippen molar-refractivity contribution in [3.05, 3.63) is 24.2 Å². The zero-order chi connectivity index (χ0) is 25.7. The Morgan fingerprint density at radius 3 is 2.76 bits per heavy atom. The number of anilines is 2. The third-order valence-corrected chi connectivity index (χ3v) is 9.54. The molecule has 7 rings (SSSR count). The molecule has 7 heterocycles. The van der Waals surface area contributed by atoms with E-state index in [-0.39, 0.29) is 24.9 Å². The molecule has 5 aliphatic heterocycles. The van der Waals surface area contributed by atoms with Crippen LogP contribution in [0.1, 0.15) is 38.3 Å². The van der Waals surface area contributed by atoms with Gasteiger partial charge < -0.3 is 33.9 Å². The highest BCUT2D eigenvalue weighted by Gasteiger charge is 2.42. The molecule has 3 atom stereocenters. The third kappa shape index (κ3) is 4.62. The number of hydrogen-bond donors (Lipinski definition) is 1. The van der Waals surface area contributed by atoms with Crippen molar-refractivity contribution in [2.75, 3.05) is 55.9 Å². The van der Waals surface area contributed by atoms with Gasteiger partial charge in [-0.3, -0.25) is 0 Å². The van der Waals surface area contributed by atoms with E-state index in [1.165, 1.54) is 11.8 Å². The highest BCUT2D eigenvalue weighted by molar-refractivity contribution is 7.99. The first-order chi connectivity index (χ1) is 18.6. The van der Waals surface area contributed by atoms with E-state index < -0.39 is 0 Å². The average molecular weight is 542 g/mol. The number of piperidine rings is 1. The minimum atomic E-state index is -0.146. The zero-order valence-corrected chi connectivity index (χ0v) is 22.6. The van der Waals surface area contributed by atoms with E-state index in [0.29, 0.717) is 37.0 Å². The summed E-state index contributed by atoms with van der Waals surface area (Å²) in [5.41, 5.74) is 0.913. The van der Waals surface area contributed by atoms with Crippen LogP contribution >= 0.6 is 11.8 Å². The van der Waals surface area contributed by atoms with Gasteiger partial charge in [-0.1, -0.05) is 11.8 Å². The number of aliphatic hydroxyl groups is 1. The van der Waals surface area contributed by atoms with E-state index in [4.69, 9.17) is 28.9 Å². The highest BCUT2D eigenvalue weighted by Crippen LogP contribution is 2.45. The van der Waals surface area contributed by atoms with E-state index in [1.807, 2.05) is 18.5 Å². The molecule has 4 fully saturated rings. The van der Waals surface area contributed by atoms with Gasteiger partial charge >= 0.3 is 0 Å². The van der Waals surface area contributed by atoms with Crippen molar-refractivity contribution in [1.82, 2.24) is 15.0 Å². The van der Waals surface area contributed by atoms with Crippen LogP contribution in [0.2, 0.25) is 0 Å². The van der Waals surface area contributed by atoms with Crippen molar-refractivity contribution >= 4 is 23.4 Å². The zero-order valence-electron chi connectivity index (χ0n) is 21.8. The number of aromatic nitrogens is 3. The highest BCUT2D eigenvalue weighted by atomic mass is 32.2. The lowest BCUT2D eigenvalue weighted by atomic mass is 9.77. The van der Waals surface area contributed by atoms with Crippen LogP contribution in [0, 0.1) is 5.41 Å². The van der Waals surface area contributed by atoms with Gasteiger partial charge in [0.25, 0.3) is 0 Å². The molecular weight excluding hydrogens is 506 g/mol. The number of hydrogen-bond acceptors (Lipinski definition) is 11. The van der Waals surface area contributed by atoms with Gasteiger partial charge in [0, 0.05) is 25.8 Å². The lowest BCUT2D eigenvalue weighted by molar-refractivity contribution is -0.150. The molecule has 4 saturated heterocycles. The molecule has 10 nitrogen and oxygen atoms in total. The third-order valence-electron chi connectivity index (χ3n) is 8.59. The molecular formula is C27H35N5O5S. The van der Waals surface area contributed by atoms with Crippen molar-refractivity contribution in [2.45, 2.75) is 73.5 Å². The van der Waals surface area contributed by atoms with Gasteiger partial charge in [0.05, 0.1) is 55.8 Å². The minimum absolute atomic E-state index is 0.146. The SMILES string of the molecule is C[C@H]1CC2(CCN(c3ncc(Sc4ccnc5c4OC[C@@H]4C[C@H](OC6COC6)CN54)nc3CO)CC2)CO1. The van der Waals surface area contributed by atoms with Crippen LogP contribution in [-0.4, -0.2) is 90.5 Å². The fourth-order valence-electron chi connectivity index (χ4n) is 6.50. The summed E-state index contributed by atoms with van der Waals surface area (Å²) in [5.74, 6) is 2.43. The summed E-state index contributed by atoms with van der Waals surface area (Å²) in [5, 5.41) is 10.9. The van der Waals surface area contributed by atoms with Gasteiger partial charge in [0.1, 0.15) is 23.4 Å². The monoisotopic (exact) mass is 541 g/mol. The summed E-state index contributed by atoms with van der Waals surface area (Å²) in [7, 11) is 0.